The number of aryl methyl sites for hydroxylation is 1. The highest BCUT2D eigenvalue weighted by atomic mass is 19.1. The van der Waals surface area contributed by atoms with Gasteiger partial charge < -0.3 is 4.74 Å². The van der Waals surface area contributed by atoms with Crippen LogP contribution in [0.2, 0.25) is 0 Å². The highest BCUT2D eigenvalue weighted by Crippen LogP contribution is 2.11. The number of esters is 1. The van der Waals surface area contributed by atoms with E-state index in [0.717, 1.165) is 12.8 Å². The molecule has 1 rings (SSSR count). The molecule has 4 nitrogen and oxygen atoms in total. The van der Waals surface area contributed by atoms with Crippen molar-refractivity contribution in [2.45, 2.75) is 26.2 Å². The van der Waals surface area contributed by atoms with Gasteiger partial charge in [-0.3, -0.25) is 0 Å². The van der Waals surface area contributed by atoms with E-state index in [0.29, 0.717) is 6.42 Å². The molecule has 0 atom stereocenters. The second kappa shape index (κ2) is 5.38. The summed E-state index contributed by atoms with van der Waals surface area (Å²) in [7, 11) is 1.19. The second-order valence-electron chi connectivity index (χ2n) is 3.08. The van der Waals surface area contributed by atoms with Gasteiger partial charge in [-0.25, -0.2) is 19.2 Å². The van der Waals surface area contributed by atoms with Crippen LogP contribution >= 0.6 is 0 Å². The summed E-state index contributed by atoms with van der Waals surface area (Å²) >= 11 is 0. The topological polar surface area (TPSA) is 52.1 Å². The fourth-order valence-electron chi connectivity index (χ4n) is 1.16. The number of nitrogens with zero attached hydrogens (tertiary/aromatic N) is 2. The minimum atomic E-state index is -0.771. The average Bonchev–Trinajstić information content (AvgIpc) is 2.27. The smallest absolute Gasteiger partial charge is 0.359 e. The second-order valence-corrected chi connectivity index (χ2v) is 3.08. The third-order valence-electron chi connectivity index (χ3n) is 2.01. The third kappa shape index (κ3) is 2.71. The Hall–Kier alpha value is -1.52. The summed E-state index contributed by atoms with van der Waals surface area (Å²) in [5, 5.41) is 0. The summed E-state index contributed by atoms with van der Waals surface area (Å²) in [4.78, 5) is 18.5. The first-order valence-electron chi connectivity index (χ1n) is 4.78. The third-order valence-corrected chi connectivity index (χ3v) is 2.01. The summed E-state index contributed by atoms with van der Waals surface area (Å²) in [6.07, 6.45) is 3.46. The van der Waals surface area contributed by atoms with Crippen LogP contribution < -0.4 is 0 Å². The highest BCUT2D eigenvalue weighted by Gasteiger charge is 2.17. The van der Waals surface area contributed by atoms with Crippen LogP contribution in [0.3, 0.4) is 0 Å². The van der Waals surface area contributed by atoms with Crippen molar-refractivity contribution in [3.8, 4) is 0 Å². The number of carbonyl (C=O) groups is 1. The lowest BCUT2D eigenvalue weighted by molar-refractivity contribution is 0.0587. The molecule has 0 spiro atoms. The Kier molecular flexibility index (Phi) is 4.15. The molecule has 1 heterocycles. The van der Waals surface area contributed by atoms with E-state index in [-0.39, 0.29) is 11.4 Å². The quantitative estimate of drug-likeness (QED) is 0.713. The fraction of sp³-hybridized carbons (Fsp3) is 0.500. The molecule has 5 heteroatoms. The molecule has 0 N–H and O–H groups in total. The lowest BCUT2D eigenvalue weighted by Crippen LogP contribution is -2.11. The van der Waals surface area contributed by atoms with Crippen LogP contribution in [-0.2, 0) is 11.2 Å². The van der Waals surface area contributed by atoms with Gasteiger partial charge in [-0.05, 0) is 12.8 Å². The number of aromatic nitrogens is 2. The maximum absolute atomic E-state index is 13.6. The van der Waals surface area contributed by atoms with E-state index in [1.165, 1.54) is 13.4 Å². The van der Waals surface area contributed by atoms with Gasteiger partial charge in [-0.2, -0.15) is 0 Å². The normalized spacial score (nSPS) is 10.1. The maximum atomic E-state index is 13.6. The molecule has 0 unspecified atom stereocenters. The van der Waals surface area contributed by atoms with Crippen molar-refractivity contribution in [2.24, 2.45) is 0 Å². The van der Waals surface area contributed by atoms with Crippen LogP contribution in [0, 0.1) is 5.82 Å². The van der Waals surface area contributed by atoms with Gasteiger partial charge in [0.25, 0.3) is 0 Å². The van der Waals surface area contributed by atoms with Crippen molar-refractivity contribution < 1.29 is 13.9 Å². The molecule has 1 aromatic rings. The molecule has 1 aromatic heterocycles. The molecule has 0 saturated heterocycles. The Bertz CT molecular complexity index is 355. The van der Waals surface area contributed by atoms with Crippen molar-refractivity contribution in [1.82, 2.24) is 9.97 Å². The Labute approximate surface area is 87.5 Å². The Morgan fingerprint density at radius 2 is 2.27 bits per heavy atom. The van der Waals surface area contributed by atoms with Gasteiger partial charge in [-0.1, -0.05) is 13.3 Å². The van der Waals surface area contributed by atoms with E-state index in [1.54, 1.807) is 0 Å². The summed E-state index contributed by atoms with van der Waals surface area (Å²) in [6, 6.07) is 0. The molecular weight excluding hydrogens is 199 g/mol. The average molecular weight is 212 g/mol. The molecule has 82 valence electrons. The van der Waals surface area contributed by atoms with Crippen LogP contribution in [0.25, 0.3) is 0 Å². The van der Waals surface area contributed by atoms with E-state index in [1.807, 2.05) is 6.92 Å². The molecule has 0 fully saturated rings. The van der Waals surface area contributed by atoms with Crippen LogP contribution in [0.15, 0.2) is 6.33 Å². The summed E-state index contributed by atoms with van der Waals surface area (Å²) in [6.45, 7) is 2.00. The minimum Gasteiger partial charge on any atom is -0.464 e. The lowest BCUT2D eigenvalue weighted by atomic mass is 10.2. The number of hydrogen-bond donors (Lipinski definition) is 0. The molecule has 0 bridgehead atoms. The van der Waals surface area contributed by atoms with Gasteiger partial charge in [0, 0.05) is 0 Å². The van der Waals surface area contributed by atoms with Crippen LogP contribution in [0.5, 0.6) is 0 Å². The predicted molar refractivity (Wildman–Crippen MR) is 51.9 cm³/mol. The molecular formula is C10H13FN2O2. The largest absolute Gasteiger partial charge is 0.464 e. The number of methoxy groups -OCH3 is 1. The molecule has 0 aliphatic heterocycles. The van der Waals surface area contributed by atoms with E-state index < -0.39 is 11.8 Å². The van der Waals surface area contributed by atoms with Crippen LogP contribution in [-0.4, -0.2) is 23.0 Å². The van der Waals surface area contributed by atoms with Crippen molar-refractivity contribution in [1.29, 1.82) is 0 Å². The molecule has 0 amide bonds. The highest BCUT2D eigenvalue weighted by molar-refractivity contribution is 5.87. The molecule has 0 aliphatic rings. The number of hydrogen-bond acceptors (Lipinski definition) is 4. The fourth-order valence-corrected chi connectivity index (χ4v) is 1.16. The first-order valence-corrected chi connectivity index (χ1v) is 4.78. The lowest BCUT2D eigenvalue weighted by Gasteiger charge is -2.04. The van der Waals surface area contributed by atoms with Gasteiger partial charge in [-0.15, -0.1) is 0 Å². The zero-order valence-electron chi connectivity index (χ0n) is 8.79. The summed E-state index contributed by atoms with van der Waals surface area (Å²) in [5.41, 5.74) is -0.0224. The summed E-state index contributed by atoms with van der Waals surface area (Å²) < 4.78 is 18.0. The number of carbonyl (C=O) groups excluding carboxylic acids is 1. The molecule has 0 saturated carbocycles. The van der Waals surface area contributed by atoms with Crippen LogP contribution in [0.1, 0.15) is 35.9 Å². The number of ether oxygens (including phenoxy) is 1. The monoisotopic (exact) mass is 212 g/mol. The standard InChI is InChI=1S/C10H13FN2O2/c1-3-4-5-7-8(11)9(10(14)15-2)13-6-12-7/h6H,3-5H2,1-2H3. The van der Waals surface area contributed by atoms with Gasteiger partial charge in [0.1, 0.15) is 6.33 Å². The SMILES string of the molecule is CCCCc1ncnc(C(=O)OC)c1F. The Morgan fingerprint density at radius 1 is 1.53 bits per heavy atom. The first kappa shape index (κ1) is 11.6. The van der Waals surface area contributed by atoms with Crippen molar-refractivity contribution in [3.05, 3.63) is 23.5 Å². The Balaban J connectivity index is 2.95. The predicted octanol–water partition coefficient (Wildman–Crippen LogP) is 1.74. The first-order chi connectivity index (χ1) is 7.20. The van der Waals surface area contributed by atoms with E-state index >= 15 is 0 Å². The molecule has 15 heavy (non-hydrogen) atoms. The van der Waals surface area contributed by atoms with Gasteiger partial charge >= 0.3 is 5.97 Å². The van der Waals surface area contributed by atoms with Gasteiger partial charge in [0.15, 0.2) is 11.5 Å². The number of rotatable bonds is 4. The minimum absolute atomic E-state index is 0.271. The van der Waals surface area contributed by atoms with E-state index in [4.69, 9.17) is 0 Å². The van der Waals surface area contributed by atoms with Crippen molar-refractivity contribution >= 4 is 5.97 Å². The zero-order chi connectivity index (χ0) is 11.3. The van der Waals surface area contributed by atoms with Crippen LogP contribution in [0.4, 0.5) is 4.39 Å². The number of halogens is 1. The van der Waals surface area contributed by atoms with Crippen molar-refractivity contribution in [3.63, 3.8) is 0 Å². The van der Waals surface area contributed by atoms with Gasteiger partial charge in [0.2, 0.25) is 0 Å². The molecule has 0 radical (unpaired) electrons. The molecule has 0 aliphatic carbocycles. The van der Waals surface area contributed by atoms with Gasteiger partial charge in [0.05, 0.1) is 12.8 Å². The van der Waals surface area contributed by atoms with E-state index in [9.17, 15) is 9.18 Å². The number of unbranched alkanes of at least 4 members (excludes halogenated alkanes) is 1. The van der Waals surface area contributed by atoms with Crippen molar-refractivity contribution in [2.75, 3.05) is 7.11 Å². The Morgan fingerprint density at radius 3 is 2.87 bits per heavy atom. The molecule has 0 aromatic carbocycles. The van der Waals surface area contributed by atoms with E-state index in [2.05, 4.69) is 14.7 Å². The summed E-state index contributed by atoms with van der Waals surface area (Å²) in [5.74, 6) is -1.44. The zero-order valence-corrected chi connectivity index (χ0v) is 8.79. The maximum Gasteiger partial charge on any atom is 0.359 e.